The summed E-state index contributed by atoms with van der Waals surface area (Å²) in [5.74, 6) is 2.79. The van der Waals surface area contributed by atoms with Gasteiger partial charge in [0.15, 0.2) is 5.78 Å². The van der Waals surface area contributed by atoms with Gasteiger partial charge in [-0.2, -0.15) is 0 Å². The first-order valence-electron chi connectivity index (χ1n) is 84.8. The zero-order valence-corrected chi connectivity index (χ0v) is 40.2. The van der Waals surface area contributed by atoms with E-state index in [2.05, 4.69) is 62.9 Å². The van der Waals surface area contributed by atoms with Crippen LogP contribution < -0.4 is 29.6 Å². The molecule has 10 rings (SSSR count). The number of amides is 2. The summed E-state index contributed by atoms with van der Waals surface area (Å²) >= 11 is 0. The zero-order valence-electron chi connectivity index (χ0n) is 163. The Balaban J connectivity index is -0.0000000182. The molecular formula is C52H187BN6NaO4. The maximum absolute atomic E-state index is 13.6. The Morgan fingerprint density at radius 3 is 1.52 bits per heavy atom. The fourth-order valence-corrected chi connectivity index (χ4v) is 10.3. The predicted octanol–water partition coefficient (Wildman–Crippen LogP) is 22.2. The van der Waals surface area contributed by atoms with Crippen molar-refractivity contribution in [2.45, 2.75) is 107 Å². The van der Waals surface area contributed by atoms with Crippen LogP contribution in [0.15, 0.2) is 97.8 Å². The van der Waals surface area contributed by atoms with Gasteiger partial charge in [-0.05, 0) is 165 Å². The molecule has 4 aromatic heterocycles. The third kappa shape index (κ3) is 9.98. The van der Waals surface area contributed by atoms with Gasteiger partial charge >= 0.3 is 29.6 Å². The number of aliphatic hydroxyl groups excluding tert-OH is 1. The summed E-state index contributed by atoms with van der Waals surface area (Å²) in [5.41, 5.74) is 10.5. The topological polar surface area (TPSA) is 113 Å². The third-order valence-electron chi connectivity index (χ3n) is 14.2. The van der Waals surface area contributed by atoms with Crippen LogP contribution >= 0.6 is 0 Å². The van der Waals surface area contributed by atoms with Gasteiger partial charge < -0.3 is 20.7 Å². The Bertz CT molecular complexity index is 2740. The molecule has 2 aromatic carbocycles. The molecule has 4 aliphatic rings. The van der Waals surface area contributed by atoms with Gasteiger partial charge in [0.1, 0.15) is 0 Å². The van der Waals surface area contributed by atoms with E-state index in [-0.39, 0.29) is 70.3 Å². The van der Waals surface area contributed by atoms with Crippen molar-refractivity contribution in [3.63, 3.8) is 0 Å². The molecule has 4 heterocycles. The van der Waals surface area contributed by atoms with Crippen LogP contribution in [-0.4, -0.2) is 87.9 Å². The molecule has 6 aromatic rings. The van der Waals surface area contributed by atoms with Gasteiger partial charge in [0.25, 0.3) is 11.8 Å². The van der Waals surface area contributed by atoms with Gasteiger partial charge in [-0.15, -0.1) is 0 Å². The van der Waals surface area contributed by atoms with Gasteiger partial charge in [0, 0.05) is 239 Å². The van der Waals surface area contributed by atoms with Gasteiger partial charge in [0.05, 0.1) is 53.6 Å². The third-order valence-corrected chi connectivity index (χ3v) is 14.2. The number of aromatic nitrogens is 4. The summed E-state index contributed by atoms with van der Waals surface area (Å²) in [6.07, 6.45) is 19.7. The van der Waals surface area contributed by atoms with Crippen LogP contribution in [0.2, 0.25) is 0 Å². The fraction of sp³-hybridized carbons (Fsp3) is 0.442. The average Bonchev–Trinajstić information content (AvgIpc) is 1.62. The van der Waals surface area contributed by atoms with Crippen molar-refractivity contribution in [2.75, 3.05) is 28.2 Å². The molecule has 4 fully saturated rings. The molecule has 4 aliphatic carbocycles. The molecule has 0 bridgehead atoms. The number of carbonyl (C=O) groups is 3. The van der Waals surface area contributed by atoms with E-state index < -0.39 is 6.10 Å². The second kappa shape index (κ2) is 20.3. The molecule has 4 saturated carbocycles. The van der Waals surface area contributed by atoms with Crippen LogP contribution in [0.4, 0.5) is 0 Å². The van der Waals surface area contributed by atoms with E-state index in [1.54, 1.807) is 44.3 Å². The van der Waals surface area contributed by atoms with Crippen molar-refractivity contribution < 1.29 is 236 Å². The Morgan fingerprint density at radius 2 is 1.03 bits per heavy atom. The molecule has 0 saturated heterocycles. The minimum atomic E-state index is -0.450. The number of pyridine rings is 2. The van der Waals surface area contributed by atoms with E-state index in [1.807, 2.05) is 47.4 Å². The molecule has 1 N–H and O–H groups in total. The smallest absolute Gasteiger partial charge is 1.00 e. The molecule has 12 heteroatoms. The first-order chi connectivity index (χ1) is 92.0. The van der Waals surface area contributed by atoms with E-state index in [0.29, 0.717) is 23.7 Å². The number of aliphatic hydroxyl groups is 1. The largest absolute Gasteiger partial charge is 1.00 e. The van der Waals surface area contributed by atoms with E-state index in [9.17, 15) is 19.5 Å². The van der Waals surface area contributed by atoms with E-state index in [1.165, 1.54) is 47.9 Å². The van der Waals surface area contributed by atoms with Crippen molar-refractivity contribution in [3.8, 4) is 0 Å². The summed E-state index contributed by atoms with van der Waals surface area (Å²) in [7, 11) is 7.10. The molecule has 3 radical (unpaired) electrons. The van der Waals surface area contributed by atoms with Crippen molar-refractivity contribution >= 4 is 37.0 Å². The minimum Gasteiger partial charge on any atom is -1.00 e. The van der Waals surface area contributed by atoms with Crippen LogP contribution in [0.25, 0.3) is 11.0 Å². The van der Waals surface area contributed by atoms with Crippen molar-refractivity contribution in [3.05, 3.63) is 143 Å². The van der Waals surface area contributed by atoms with E-state index in [4.69, 9.17) is 184 Å². The summed E-state index contributed by atoms with van der Waals surface area (Å²) in [4.78, 5) is 49.7. The molecule has 453 valence electrons. The fourth-order valence-electron chi connectivity index (χ4n) is 10.3. The summed E-state index contributed by atoms with van der Waals surface area (Å²) in [6.45, 7) is 0. The Morgan fingerprint density at radius 1 is 0.609 bits per heavy atom. The van der Waals surface area contributed by atoms with Gasteiger partial charge in [0.2, 0.25) is 0 Å². The first-order valence-corrected chi connectivity index (χ1v) is 22.8. The summed E-state index contributed by atoms with van der Waals surface area (Å²) in [5, 5.41) is 11.4. The maximum atomic E-state index is 13.6. The summed E-state index contributed by atoms with van der Waals surface area (Å²) in [6, 6.07) is 24.7. The molecular weight excluding hydrogens is 806 g/mol. The first kappa shape index (κ1) is 12.5. The number of fused-ring (bicyclic) bond motifs is 2. The van der Waals surface area contributed by atoms with Crippen LogP contribution in [0, 0.1) is 11.8 Å². The maximum Gasteiger partial charge on any atom is 1.00 e. The second-order valence-corrected chi connectivity index (χ2v) is 18.8. The standard InChI is InChI=1S/C26H31N3O2.C26H29N3O2.B.Na.63H2.H/c2*1-28(2)26(31)21-11-5-18(6-12-21)17-3-9-20(10-4-17)25(30)24-23(19-7-8-19)14-13-22-15-27-16-29(22)24;;;;;;;;;;;;;;;;;;;;;;;;;;;;;;;;;;;;;;;;;;;;;;;;;;;;;;;;;;;;;;;;;;/h5-6,11-17,19-20,25,30H,3-4,7-10H2,1-2H3;5-6,11-17,19-20H,3-4,7-10H2,1-2H3;;;63*1H;/q;;;+1;;;;;;;;;;;;;;;;;;;;;;;;;;;;;;;;;;;;;;;;;;;;;;;;;;;;;;;;;;;;;;;;-1/i;;;;62*1+1D;1+1;. The quantitative estimate of drug-likeness (QED) is 0.108. The molecule has 64 heavy (non-hydrogen) atoms. The molecule has 10 nitrogen and oxygen atoms in total. The number of benzene rings is 2. The van der Waals surface area contributed by atoms with Gasteiger partial charge in [-0.3, -0.25) is 18.8 Å². The Hall–Kier alpha value is -4.55. The normalized spacial score (nSPS) is 28.9. The predicted molar refractivity (Wildman–Crippen MR) is 382 cm³/mol. The number of hydrogen-bond acceptors (Lipinski definition) is 6. The van der Waals surface area contributed by atoms with E-state index >= 15 is 0 Å². The number of rotatable bonds is 10. The van der Waals surface area contributed by atoms with Crippen LogP contribution in [0.5, 0.6) is 0 Å². The Kier molecular flexibility index (Phi) is 3.97. The average molecular weight is 1120 g/mol. The molecule has 1 unspecified atom stereocenters. The van der Waals surface area contributed by atoms with Crippen molar-refractivity contribution in [1.29, 1.82) is 0 Å². The second-order valence-electron chi connectivity index (χ2n) is 18.8. The number of nitrogens with zero attached hydrogens (tertiary/aromatic N) is 6. The number of carbonyl (C=O) groups excluding carboxylic acids is 3. The molecule has 1 atom stereocenters. The molecule has 0 aliphatic heterocycles. The SMILES string of the molecule is CN(C)C(=O)c1ccc(C2CCC(C(=O)c3c(C4CC4)ccc4cncn34)CC2)cc1.CN(C)C(=O)c1ccc(C2CCC(C(O)c3c(C4CC4)ccc4cncn34)CC2)cc1.[2HH].[2H][2H].[2H][2H].[2H][2H].[2H][2H].[2H][2H].[2H][2H].[2H][2H].[2H][2H].[2H][2H].[2H][2H].[2H][2H].[2H][2H].[2H][2H].[2H][2H].[2H][2H].[2H][2H].[2H][2H].[2H][2H].[2H][2H].[2H][2H].[2H][2H].[2H][2H].[2H][2H].[2H][2H].[2H][2H].[2H][2H].[2H][2H].[2H][2H].[2H][2H].[2H][2H].[2H][2H].[2H][2H].[2H][2H].[2H][2H].[2H][2H].[2H][2H].[2H][2H].[2H][2H].[2H][2H].[2H][2H].[2H][2H].[2H][2H].[2H][2H].[2H][2H].[2H][2H].[2H][2H].[2H][2H].[2H][2H].[2H][2H].[2H][2H].[2H][2H].[2H][2H].[2H][2H].[2H][2H].[2H][2H].[2H][2H].[2H][2H].[2H][2H].[2H][2H].[2H][2H].[2H][2H].[2H][2H].[B].[H-].[Na+]. The molecule has 2 amide bonds. The van der Waals surface area contributed by atoms with Crippen LogP contribution in [-0.2, 0) is 0 Å². The number of hydrogen-bond donors (Lipinski definition) is 1. The van der Waals surface area contributed by atoms with Crippen molar-refractivity contribution in [2.24, 2.45) is 11.8 Å². The van der Waals surface area contributed by atoms with Crippen LogP contribution in [0.3, 0.4) is 0 Å². The van der Waals surface area contributed by atoms with Crippen molar-refractivity contribution in [1.82, 2.24) is 28.6 Å². The van der Waals surface area contributed by atoms with E-state index in [0.717, 1.165) is 84.9 Å². The van der Waals surface area contributed by atoms with Crippen LogP contribution in [0.1, 0.15) is 353 Å². The number of ketones is 1. The minimum absolute atomic E-state index is 0. The summed E-state index contributed by atoms with van der Waals surface area (Å²) < 4.78 is 624. The number of Topliss-reactive ketones (excluding diaryl/α,β-unsaturated/α-hetero) is 1. The Labute approximate surface area is 596 Å². The molecule has 0 spiro atoms. The van der Waals surface area contributed by atoms with Gasteiger partial charge in [-0.25, -0.2) is 9.97 Å². The zero-order chi connectivity index (χ0) is 167. The van der Waals surface area contributed by atoms with Gasteiger partial charge in [-0.1, -0.05) is 36.4 Å². The monoisotopic (exact) mass is 1120 g/mol. The number of imidazole rings is 2.